The van der Waals surface area contributed by atoms with E-state index in [4.69, 9.17) is 19.2 Å². The van der Waals surface area contributed by atoms with Crippen LogP contribution in [0, 0.1) is 6.92 Å². The number of carbonyl (C=O) groups is 1. The van der Waals surface area contributed by atoms with Crippen LogP contribution >= 0.6 is 0 Å². The number of aryl methyl sites for hydroxylation is 1. The number of benzene rings is 3. The topological polar surface area (TPSA) is 62.6 Å². The summed E-state index contributed by atoms with van der Waals surface area (Å²) in [5.74, 6) is 1.54. The summed E-state index contributed by atoms with van der Waals surface area (Å²) in [5, 5.41) is 1.90. The summed E-state index contributed by atoms with van der Waals surface area (Å²) < 4.78 is 18.3. The van der Waals surface area contributed by atoms with Gasteiger partial charge in [0.25, 0.3) is 0 Å². The van der Waals surface area contributed by atoms with E-state index in [1.165, 1.54) is 0 Å². The number of aromatic nitrogens is 2. The number of rotatable bonds is 4. The summed E-state index contributed by atoms with van der Waals surface area (Å²) in [6.07, 6.45) is -0.429. The molecule has 0 aliphatic rings. The first-order valence-corrected chi connectivity index (χ1v) is 12.2. The van der Waals surface area contributed by atoms with Gasteiger partial charge in [0.1, 0.15) is 17.1 Å². The zero-order valence-corrected chi connectivity index (χ0v) is 22.0. The van der Waals surface area contributed by atoms with Gasteiger partial charge < -0.3 is 14.2 Å². The van der Waals surface area contributed by atoms with Gasteiger partial charge in [-0.25, -0.2) is 9.36 Å². The van der Waals surface area contributed by atoms with Crippen LogP contribution in [-0.4, -0.2) is 35.5 Å². The van der Waals surface area contributed by atoms with E-state index in [1.807, 2.05) is 100 Å². The van der Waals surface area contributed by atoms with Crippen LogP contribution < -0.4 is 9.47 Å². The van der Waals surface area contributed by atoms with Crippen LogP contribution in [0.2, 0.25) is 0 Å². The Bertz CT molecular complexity index is 1610. The number of fused-ring (bicyclic) bond motifs is 3. The van der Waals surface area contributed by atoms with E-state index in [9.17, 15) is 4.79 Å². The van der Waals surface area contributed by atoms with E-state index in [2.05, 4.69) is 0 Å². The van der Waals surface area contributed by atoms with Gasteiger partial charge in [-0.05, 0) is 75.7 Å². The maximum absolute atomic E-state index is 13.5. The van der Waals surface area contributed by atoms with Crippen LogP contribution in [0.15, 0.2) is 72.8 Å². The van der Waals surface area contributed by atoms with E-state index >= 15 is 0 Å². The Labute approximate surface area is 216 Å². The Morgan fingerprint density at radius 1 is 0.811 bits per heavy atom. The van der Waals surface area contributed by atoms with Gasteiger partial charge in [0, 0.05) is 21.9 Å². The first-order chi connectivity index (χ1) is 17.7. The predicted molar refractivity (Wildman–Crippen MR) is 148 cm³/mol. The number of pyridine rings is 1. The summed E-state index contributed by atoms with van der Waals surface area (Å²) in [6, 6.07) is 23.7. The molecule has 0 radical (unpaired) electrons. The van der Waals surface area contributed by atoms with Crippen LogP contribution in [0.25, 0.3) is 44.2 Å². The minimum absolute atomic E-state index is 0.429. The molecular formula is C31H30N2O4. The molecule has 0 fully saturated rings. The average Bonchev–Trinajstić information content (AvgIpc) is 3.24. The van der Waals surface area contributed by atoms with Crippen LogP contribution in [-0.2, 0) is 4.74 Å². The Morgan fingerprint density at radius 2 is 1.38 bits per heavy atom. The van der Waals surface area contributed by atoms with E-state index < -0.39 is 11.7 Å². The molecule has 0 N–H and O–H groups in total. The third kappa shape index (κ3) is 4.40. The number of para-hydroxylation sites is 1. The molecule has 6 nitrogen and oxygen atoms in total. The second-order valence-corrected chi connectivity index (χ2v) is 9.93. The summed E-state index contributed by atoms with van der Waals surface area (Å²) >= 11 is 0. The molecule has 6 heteroatoms. The predicted octanol–water partition coefficient (Wildman–Crippen LogP) is 7.63. The van der Waals surface area contributed by atoms with Crippen LogP contribution in [0.3, 0.4) is 0 Å². The molecule has 0 amide bonds. The Balaban J connectivity index is 1.91. The highest BCUT2D eigenvalue weighted by Gasteiger charge is 2.27. The lowest BCUT2D eigenvalue weighted by Gasteiger charge is -2.21. The molecular weight excluding hydrogens is 464 g/mol. The Kier molecular flexibility index (Phi) is 6.12. The van der Waals surface area contributed by atoms with Gasteiger partial charge >= 0.3 is 6.09 Å². The van der Waals surface area contributed by atoms with Crippen LogP contribution in [0.5, 0.6) is 11.5 Å². The summed E-state index contributed by atoms with van der Waals surface area (Å²) in [5.41, 5.74) is 5.29. The van der Waals surface area contributed by atoms with Crippen LogP contribution in [0.1, 0.15) is 26.5 Å². The van der Waals surface area contributed by atoms with E-state index in [0.29, 0.717) is 0 Å². The molecule has 3 aromatic carbocycles. The number of hydrogen-bond donors (Lipinski definition) is 0. The lowest BCUT2D eigenvalue weighted by molar-refractivity contribution is 0.0551. The van der Waals surface area contributed by atoms with E-state index in [0.717, 1.165) is 61.4 Å². The molecule has 5 aromatic rings. The molecule has 0 atom stereocenters. The highest BCUT2D eigenvalue weighted by Crippen LogP contribution is 2.43. The van der Waals surface area contributed by atoms with Gasteiger partial charge in [0.2, 0.25) is 0 Å². The number of carbonyl (C=O) groups excluding carboxylic acids is 1. The fourth-order valence-corrected chi connectivity index (χ4v) is 4.72. The van der Waals surface area contributed by atoms with Crippen molar-refractivity contribution < 1.29 is 19.0 Å². The Morgan fingerprint density at radius 3 is 1.95 bits per heavy atom. The standard InChI is InChI=1S/C31H30N2O4/c1-19-29-27(24-9-7-8-10-25(24)33(29)30(34)37-31(2,3)4)26(20-11-15-22(35-5)16-12-20)28(32-19)21-13-17-23(36-6)18-14-21/h7-18H,1-6H3. The van der Waals surface area contributed by atoms with Gasteiger partial charge in [0.05, 0.1) is 36.6 Å². The average molecular weight is 495 g/mol. The molecule has 0 unspecified atom stereocenters. The first kappa shape index (κ1) is 24.4. The van der Waals surface area contributed by atoms with Gasteiger partial charge in [-0.2, -0.15) is 0 Å². The van der Waals surface area contributed by atoms with Crippen molar-refractivity contribution in [2.24, 2.45) is 0 Å². The molecule has 0 saturated carbocycles. The molecule has 37 heavy (non-hydrogen) atoms. The van der Waals surface area contributed by atoms with E-state index in [1.54, 1.807) is 18.8 Å². The molecule has 0 aliphatic heterocycles. The largest absolute Gasteiger partial charge is 0.497 e. The third-order valence-electron chi connectivity index (χ3n) is 6.30. The molecule has 0 saturated heterocycles. The van der Waals surface area contributed by atoms with E-state index in [-0.39, 0.29) is 0 Å². The molecule has 2 heterocycles. The van der Waals surface area contributed by atoms with Gasteiger partial charge in [-0.15, -0.1) is 0 Å². The second kappa shape index (κ2) is 9.28. The number of nitrogens with zero attached hydrogens (tertiary/aromatic N) is 2. The first-order valence-electron chi connectivity index (χ1n) is 12.2. The highest BCUT2D eigenvalue weighted by atomic mass is 16.6. The second-order valence-electron chi connectivity index (χ2n) is 9.93. The van der Waals surface area contributed by atoms with Crippen molar-refractivity contribution in [3.8, 4) is 33.9 Å². The van der Waals surface area contributed by atoms with Crippen molar-refractivity contribution in [2.75, 3.05) is 14.2 Å². The lowest BCUT2D eigenvalue weighted by Crippen LogP contribution is -2.27. The molecule has 2 aromatic heterocycles. The molecule has 0 bridgehead atoms. The molecule has 5 rings (SSSR count). The zero-order valence-electron chi connectivity index (χ0n) is 22.0. The monoisotopic (exact) mass is 494 g/mol. The fraction of sp³-hybridized carbons (Fsp3) is 0.226. The number of hydrogen-bond acceptors (Lipinski definition) is 5. The van der Waals surface area contributed by atoms with Gasteiger partial charge in [0.15, 0.2) is 0 Å². The number of ether oxygens (including phenoxy) is 3. The molecule has 188 valence electrons. The van der Waals surface area contributed by atoms with Crippen molar-refractivity contribution >= 4 is 27.9 Å². The number of methoxy groups -OCH3 is 2. The van der Waals surface area contributed by atoms with Crippen LogP contribution in [0.4, 0.5) is 4.79 Å². The summed E-state index contributed by atoms with van der Waals surface area (Å²) in [4.78, 5) is 18.6. The summed E-state index contributed by atoms with van der Waals surface area (Å²) in [7, 11) is 3.30. The normalized spacial score (nSPS) is 11.6. The molecule has 0 spiro atoms. The Hall–Kier alpha value is -4.32. The van der Waals surface area contributed by atoms with Crippen molar-refractivity contribution in [1.82, 2.24) is 9.55 Å². The van der Waals surface area contributed by atoms with Crippen molar-refractivity contribution in [3.63, 3.8) is 0 Å². The SMILES string of the molecule is COc1ccc(-c2nc(C)c3c(c2-c2ccc(OC)cc2)c2ccccc2n3C(=O)OC(C)(C)C)cc1. The smallest absolute Gasteiger partial charge is 0.419 e. The lowest BCUT2D eigenvalue weighted by atomic mass is 9.94. The maximum Gasteiger partial charge on any atom is 0.419 e. The third-order valence-corrected chi connectivity index (χ3v) is 6.30. The van der Waals surface area contributed by atoms with Crippen molar-refractivity contribution in [1.29, 1.82) is 0 Å². The fourth-order valence-electron chi connectivity index (χ4n) is 4.72. The highest BCUT2D eigenvalue weighted by molar-refractivity contribution is 6.20. The minimum Gasteiger partial charge on any atom is -0.497 e. The molecule has 0 aliphatic carbocycles. The van der Waals surface area contributed by atoms with Crippen molar-refractivity contribution in [3.05, 3.63) is 78.5 Å². The maximum atomic E-state index is 13.5. The minimum atomic E-state index is -0.641. The van der Waals surface area contributed by atoms with Crippen molar-refractivity contribution in [2.45, 2.75) is 33.3 Å². The zero-order chi connectivity index (χ0) is 26.3. The van der Waals surface area contributed by atoms with Gasteiger partial charge in [-0.1, -0.05) is 30.3 Å². The summed E-state index contributed by atoms with van der Waals surface area (Å²) in [6.45, 7) is 7.55. The quantitative estimate of drug-likeness (QED) is 0.257. The van der Waals surface area contributed by atoms with Gasteiger partial charge in [-0.3, -0.25) is 4.98 Å².